The number of carbonyl (C=O) groups excluding carboxylic acids is 2. The highest BCUT2D eigenvalue weighted by Gasteiger charge is 2.43. The van der Waals surface area contributed by atoms with Gasteiger partial charge in [0.25, 0.3) is 5.91 Å². The molecule has 1 aliphatic rings. The van der Waals surface area contributed by atoms with Crippen LogP contribution in [0.5, 0.6) is 5.75 Å². The number of ether oxygens (including phenoxy) is 2. The summed E-state index contributed by atoms with van der Waals surface area (Å²) in [5.41, 5.74) is 6.86. The van der Waals surface area contributed by atoms with Gasteiger partial charge < -0.3 is 24.9 Å². The summed E-state index contributed by atoms with van der Waals surface area (Å²) in [4.78, 5) is 37.8. The van der Waals surface area contributed by atoms with Crippen molar-refractivity contribution >= 4 is 38.9 Å². The Morgan fingerprint density at radius 1 is 1.00 bits per heavy atom. The molecule has 1 fully saturated rings. The highest BCUT2D eigenvalue weighted by atomic mass is 79.9. The number of carbonyl (C=O) groups is 2. The van der Waals surface area contributed by atoms with Gasteiger partial charge in [-0.2, -0.15) is 0 Å². The van der Waals surface area contributed by atoms with Gasteiger partial charge in [0.2, 0.25) is 5.43 Å². The fraction of sp³-hybridized carbons (Fsp3) is 0.281. The molecule has 0 unspecified atom stereocenters. The lowest BCUT2D eigenvalue weighted by Crippen LogP contribution is -2.47. The molecule has 3 aromatic carbocycles. The first-order chi connectivity index (χ1) is 19.5. The molecule has 0 radical (unpaired) electrons. The molecular weight excluding hydrogens is 588 g/mol. The van der Waals surface area contributed by atoms with Gasteiger partial charge in [-0.05, 0) is 79.2 Å². The Bertz CT molecular complexity index is 1670. The van der Waals surface area contributed by atoms with E-state index < -0.39 is 23.1 Å². The fourth-order valence-corrected chi connectivity index (χ4v) is 5.46. The van der Waals surface area contributed by atoms with E-state index in [1.54, 1.807) is 12.1 Å². The van der Waals surface area contributed by atoms with Crippen LogP contribution in [0.25, 0.3) is 33.4 Å². The van der Waals surface area contributed by atoms with Crippen molar-refractivity contribution in [2.75, 3.05) is 6.61 Å². The topological polar surface area (TPSA) is 121 Å². The third-order valence-electron chi connectivity index (χ3n) is 7.00. The molecule has 0 atom stereocenters. The van der Waals surface area contributed by atoms with E-state index in [-0.39, 0.29) is 12.0 Å². The average Bonchev–Trinajstić information content (AvgIpc) is 2.90. The van der Waals surface area contributed by atoms with Crippen LogP contribution < -0.4 is 21.2 Å². The maximum absolute atomic E-state index is 14.0. The number of nitrogens with one attached hydrogen (secondary N) is 1. The predicted octanol–water partition coefficient (Wildman–Crippen LogP) is 6.66. The summed E-state index contributed by atoms with van der Waals surface area (Å²) in [5, 5.41) is 3.22. The molecule has 212 valence electrons. The van der Waals surface area contributed by atoms with E-state index in [9.17, 15) is 14.4 Å². The predicted molar refractivity (Wildman–Crippen MR) is 161 cm³/mol. The van der Waals surface area contributed by atoms with Gasteiger partial charge in [-0.3, -0.25) is 9.59 Å². The van der Waals surface area contributed by atoms with Gasteiger partial charge in [0.05, 0.1) is 10.9 Å². The Kier molecular flexibility index (Phi) is 7.66. The largest absolute Gasteiger partial charge is 0.482 e. The van der Waals surface area contributed by atoms with Gasteiger partial charge in [0.15, 0.2) is 12.2 Å². The van der Waals surface area contributed by atoms with Gasteiger partial charge >= 0.3 is 6.09 Å². The summed E-state index contributed by atoms with van der Waals surface area (Å²) in [6.45, 7) is 5.41. The standard InChI is InChI=1S/C32H31BrN2O6/c1-31(2,3)35-30(38)41-32(16-7-17-32)21-12-10-19(11-13-21)25-27(37)22-14-15-23(39-18-24(34)36)26(33)29(22)40-28(25)20-8-5-4-6-9-20/h4-6,8-15H,7,16-18H2,1-3H3,(H2,34,36)(H,35,38). The van der Waals surface area contributed by atoms with Crippen molar-refractivity contribution in [2.24, 2.45) is 5.73 Å². The summed E-state index contributed by atoms with van der Waals surface area (Å²) in [7, 11) is 0. The minimum Gasteiger partial charge on any atom is -0.482 e. The smallest absolute Gasteiger partial charge is 0.408 e. The monoisotopic (exact) mass is 618 g/mol. The zero-order valence-corrected chi connectivity index (χ0v) is 24.7. The fourth-order valence-electron chi connectivity index (χ4n) is 4.92. The third-order valence-corrected chi connectivity index (χ3v) is 7.75. The van der Waals surface area contributed by atoms with Crippen LogP contribution >= 0.6 is 15.9 Å². The van der Waals surface area contributed by atoms with Crippen LogP contribution in [0.4, 0.5) is 4.79 Å². The summed E-state index contributed by atoms with van der Waals surface area (Å²) in [6.07, 6.45) is 1.96. The van der Waals surface area contributed by atoms with Crippen molar-refractivity contribution in [1.29, 1.82) is 0 Å². The van der Waals surface area contributed by atoms with Gasteiger partial charge in [-0.25, -0.2) is 4.79 Å². The highest BCUT2D eigenvalue weighted by molar-refractivity contribution is 9.10. The van der Waals surface area contributed by atoms with Gasteiger partial charge in [0.1, 0.15) is 21.6 Å². The molecule has 5 rings (SSSR count). The summed E-state index contributed by atoms with van der Waals surface area (Å²) in [5.74, 6) is 0.103. The minimum atomic E-state index is -0.698. The van der Waals surface area contributed by atoms with E-state index in [1.807, 2.05) is 75.4 Å². The molecule has 3 N–H and O–H groups in total. The molecule has 2 amide bonds. The first-order valence-corrected chi connectivity index (χ1v) is 14.1. The molecular formula is C32H31BrN2O6. The molecule has 1 aromatic heterocycles. The Morgan fingerprint density at radius 2 is 1.68 bits per heavy atom. The van der Waals surface area contributed by atoms with Crippen molar-refractivity contribution in [1.82, 2.24) is 5.32 Å². The second-order valence-corrected chi connectivity index (χ2v) is 12.0. The molecule has 4 aromatic rings. The van der Waals surface area contributed by atoms with E-state index in [4.69, 9.17) is 19.6 Å². The van der Waals surface area contributed by atoms with E-state index in [1.165, 1.54) is 0 Å². The van der Waals surface area contributed by atoms with Gasteiger partial charge in [0, 0.05) is 11.1 Å². The molecule has 0 spiro atoms. The van der Waals surface area contributed by atoms with Crippen LogP contribution in [0.15, 0.2) is 80.4 Å². The van der Waals surface area contributed by atoms with Crippen LogP contribution in [0.1, 0.15) is 45.6 Å². The van der Waals surface area contributed by atoms with Crippen molar-refractivity contribution in [2.45, 2.75) is 51.2 Å². The third kappa shape index (κ3) is 5.86. The number of amides is 2. The second kappa shape index (κ2) is 11.0. The number of hydrogen-bond acceptors (Lipinski definition) is 6. The Morgan fingerprint density at radius 3 is 2.27 bits per heavy atom. The Labute approximate surface area is 246 Å². The lowest BCUT2D eigenvalue weighted by molar-refractivity contribution is -0.119. The molecule has 8 nitrogen and oxygen atoms in total. The number of fused-ring (bicyclic) bond motifs is 1. The number of nitrogens with two attached hydrogens (primary N) is 1. The molecule has 0 saturated heterocycles. The van der Waals surface area contributed by atoms with Crippen molar-refractivity contribution in [3.8, 4) is 28.2 Å². The number of primary amides is 1. The minimum absolute atomic E-state index is 0.223. The molecule has 1 aliphatic carbocycles. The maximum Gasteiger partial charge on any atom is 0.408 e. The van der Waals surface area contributed by atoms with Crippen molar-refractivity contribution in [3.63, 3.8) is 0 Å². The molecule has 41 heavy (non-hydrogen) atoms. The van der Waals surface area contributed by atoms with Gasteiger partial charge in [-0.15, -0.1) is 0 Å². The molecule has 1 saturated carbocycles. The van der Waals surface area contributed by atoms with Crippen LogP contribution in [0.3, 0.4) is 0 Å². The first kappa shape index (κ1) is 28.4. The lowest BCUT2D eigenvalue weighted by Gasteiger charge is -2.42. The molecule has 0 bridgehead atoms. The average molecular weight is 620 g/mol. The van der Waals surface area contributed by atoms with Crippen LogP contribution in [0.2, 0.25) is 0 Å². The van der Waals surface area contributed by atoms with Crippen molar-refractivity contribution in [3.05, 3.63) is 87.0 Å². The number of alkyl carbamates (subject to hydrolysis) is 1. The van der Waals surface area contributed by atoms with Gasteiger partial charge in [-0.1, -0.05) is 54.6 Å². The summed E-state index contributed by atoms with van der Waals surface area (Å²) in [6, 6.07) is 20.1. The van der Waals surface area contributed by atoms with E-state index in [0.717, 1.165) is 30.4 Å². The molecule has 9 heteroatoms. The second-order valence-electron chi connectivity index (χ2n) is 11.2. The van der Waals surface area contributed by atoms with E-state index in [2.05, 4.69) is 21.2 Å². The summed E-state index contributed by atoms with van der Waals surface area (Å²) >= 11 is 3.48. The highest BCUT2D eigenvalue weighted by Crippen LogP contribution is 2.46. The number of rotatable bonds is 7. The lowest BCUT2D eigenvalue weighted by atomic mass is 9.74. The zero-order chi connectivity index (χ0) is 29.4. The van der Waals surface area contributed by atoms with Crippen LogP contribution in [-0.4, -0.2) is 24.1 Å². The Balaban J connectivity index is 1.59. The molecule has 0 aliphatic heterocycles. The van der Waals surface area contributed by atoms with Crippen LogP contribution in [0, 0.1) is 0 Å². The zero-order valence-electron chi connectivity index (χ0n) is 23.1. The first-order valence-electron chi connectivity index (χ1n) is 13.4. The maximum atomic E-state index is 14.0. The van der Waals surface area contributed by atoms with Crippen LogP contribution in [-0.2, 0) is 15.1 Å². The normalized spacial score (nSPS) is 14.2. The van der Waals surface area contributed by atoms with Crippen molar-refractivity contribution < 1.29 is 23.5 Å². The summed E-state index contributed by atoms with van der Waals surface area (Å²) < 4.78 is 18.2. The Hall–Kier alpha value is -4.11. The number of benzene rings is 3. The number of hydrogen-bond donors (Lipinski definition) is 2. The quantitative estimate of drug-likeness (QED) is 0.239. The number of halogens is 1. The van der Waals surface area contributed by atoms with E-state index >= 15 is 0 Å². The SMILES string of the molecule is CC(C)(C)NC(=O)OC1(c2ccc(-c3c(-c4ccccc4)oc4c(Br)c(OCC(N)=O)ccc4c3=O)cc2)CCC1. The molecule has 1 heterocycles. The van der Waals surface area contributed by atoms with E-state index in [0.29, 0.717) is 38.1 Å².